The van der Waals surface area contributed by atoms with E-state index in [9.17, 15) is 9.90 Å². The fourth-order valence-electron chi connectivity index (χ4n) is 2.22. The molecule has 21 heavy (non-hydrogen) atoms. The minimum absolute atomic E-state index is 0.118. The van der Waals surface area contributed by atoms with Crippen molar-refractivity contribution < 1.29 is 14.3 Å². The lowest BCUT2D eigenvalue weighted by atomic mass is 10.1. The molecule has 1 atom stereocenters. The van der Waals surface area contributed by atoms with Gasteiger partial charge in [0.1, 0.15) is 5.69 Å². The summed E-state index contributed by atoms with van der Waals surface area (Å²) in [6.07, 6.45) is 1.49. The molecule has 2 aromatic heterocycles. The molecule has 106 valence electrons. The third-order valence-electron chi connectivity index (χ3n) is 3.30. The number of aromatic carboxylic acids is 1. The predicted octanol–water partition coefficient (Wildman–Crippen LogP) is 2.85. The molecule has 0 amide bonds. The number of carboxylic acids is 1. The zero-order valence-electron chi connectivity index (χ0n) is 11.3. The summed E-state index contributed by atoms with van der Waals surface area (Å²) in [7, 11) is 0. The molecule has 1 N–H and O–H groups in total. The van der Waals surface area contributed by atoms with Gasteiger partial charge in [-0.25, -0.2) is 9.48 Å². The van der Waals surface area contributed by atoms with Crippen LogP contribution in [0.2, 0.25) is 0 Å². The summed E-state index contributed by atoms with van der Waals surface area (Å²) in [6.45, 7) is 1.93. The third-order valence-corrected chi connectivity index (χ3v) is 3.30. The first kappa shape index (κ1) is 13.1. The van der Waals surface area contributed by atoms with Crippen molar-refractivity contribution >= 4 is 5.97 Å². The van der Waals surface area contributed by atoms with Crippen molar-refractivity contribution in [2.24, 2.45) is 0 Å². The highest BCUT2D eigenvalue weighted by molar-refractivity contribution is 5.91. The Morgan fingerprint density at radius 2 is 2.00 bits per heavy atom. The summed E-state index contributed by atoms with van der Waals surface area (Å²) < 4.78 is 6.90. The molecular formula is C15H13N3O3. The Hall–Kier alpha value is -2.89. The first-order valence-corrected chi connectivity index (χ1v) is 6.46. The van der Waals surface area contributed by atoms with Gasteiger partial charge in [-0.15, -0.1) is 5.10 Å². The third kappa shape index (κ3) is 2.31. The van der Waals surface area contributed by atoms with Gasteiger partial charge < -0.3 is 9.52 Å². The number of furan rings is 1. The van der Waals surface area contributed by atoms with Crippen molar-refractivity contribution in [2.45, 2.75) is 13.0 Å². The van der Waals surface area contributed by atoms with Crippen LogP contribution >= 0.6 is 0 Å². The lowest BCUT2D eigenvalue weighted by molar-refractivity contribution is 0.0691. The molecule has 3 aromatic rings. The van der Waals surface area contributed by atoms with E-state index in [4.69, 9.17) is 4.42 Å². The van der Waals surface area contributed by atoms with Crippen LogP contribution in [0.25, 0.3) is 11.5 Å². The predicted molar refractivity (Wildman–Crippen MR) is 74.9 cm³/mol. The van der Waals surface area contributed by atoms with Crippen LogP contribution in [0.4, 0.5) is 0 Å². The molecule has 0 saturated carbocycles. The molecule has 2 heterocycles. The van der Waals surface area contributed by atoms with E-state index in [1.54, 1.807) is 16.8 Å². The van der Waals surface area contributed by atoms with Crippen molar-refractivity contribution in [3.63, 3.8) is 0 Å². The summed E-state index contributed by atoms with van der Waals surface area (Å²) in [5, 5.41) is 17.0. The normalized spacial score (nSPS) is 12.2. The molecule has 0 aliphatic carbocycles. The van der Waals surface area contributed by atoms with E-state index in [0.717, 1.165) is 5.56 Å². The van der Waals surface area contributed by atoms with Crippen LogP contribution < -0.4 is 0 Å². The molecule has 0 fully saturated rings. The maximum Gasteiger partial charge on any atom is 0.358 e. The topological polar surface area (TPSA) is 81.2 Å². The first-order chi connectivity index (χ1) is 10.2. The Bertz CT molecular complexity index is 748. The van der Waals surface area contributed by atoms with Crippen LogP contribution in [0.3, 0.4) is 0 Å². The lowest BCUT2D eigenvalue weighted by Crippen LogP contribution is -2.11. The highest BCUT2D eigenvalue weighted by Gasteiger charge is 2.25. The number of carboxylic acid groups (broad SMARTS) is 1. The van der Waals surface area contributed by atoms with Gasteiger partial charge in [0.05, 0.1) is 12.3 Å². The van der Waals surface area contributed by atoms with Crippen LogP contribution in [0, 0.1) is 0 Å². The van der Waals surface area contributed by atoms with Crippen molar-refractivity contribution in [3.8, 4) is 11.5 Å². The van der Waals surface area contributed by atoms with Gasteiger partial charge in [0.2, 0.25) is 5.69 Å². The summed E-state index contributed by atoms with van der Waals surface area (Å²) in [5.41, 5.74) is 1.25. The summed E-state index contributed by atoms with van der Waals surface area (Å²) in [4.78, 5) is 11.3. The number of hydrogen-bond acceptors (Lipinski definition) is 4. The molecule has 0 aliphatic rings. The van der Waals surface area contributed by atoms with E-state index in [0.29, 0.717) is 11.5 Å². The molecule has 0 aliphatic heterocycles. The van der Waals surface area contributed by atoms with Gasteiger partial charge in [-0.2, -0.15) is 0 Å². The SMILES string of the molecule is CC(c1ccccc1)n1nnc(C(=O)O)c1-c1ccco1. The average molecular weight is 283 g/mol. The molecule has 6 heteroatoms. The zero-order valence-corrected chi connectivity index (χ0v) is 11.3. The summed E-state index contributed by atoms with van der Waals surface area (Å²) in [6, 6.07) is 12.9. The Morgan fingerprint density at radius 3 is 2.62 bits per heavy atom. The monoisotopic (exact) mass is 283 g/mol. The largest absolute Gasteiger partial charge is 0.476 e. The number of rotatable bonds is 4. The van der Waals surface area contributed by atoms with Gasteiger partial charge in [0.15, 0.2) is 5.76 Å². The number of aromatic nitrogens is 3. The highest BCUT2D eigenvalue weighted by atomic mass is 16.4. The quantitative estimate of drug-likeness (QED) is 0.796. The average Bonchev–Trinajstić information content (AvgIpc) is 3.16. The van der Waals surface area contributed by atoms with Crippen molar-refractivity contribution in [1.29, 1.82) is 0 Å². The zero-order chi connectivity index (χ0) is 14.8. The molecule has 0 radical (unpaired) electrons. The number of carbonyl (C=O) groups is 1. The first-order valence-electron chi connectivity index (χ1n) is 6.46. The standard InChI is InChI=1S/C15H13N3O3/c1-10(11-6-3-2-4-7-11)18-14(12-8-5-9-21-12)13(15(19)20)16-17-18/h2-10H,1H3,(H,19,20). The molecule has 0 saturated heterocycles. The molecule has 6 nitrogen and oxygen atoms in total. The minimum atomic E-state index is -1.13. The second-order valence-electron chi connectivity index (χ2n) is 4.60. The molecular weight excluding hydrogens is 270 g/mol. The molecule has 1 aromatic carbocycles. The highest BCUT2D eigenvalue weighted by Crippen LogP contribution is 2.28. The van der Waals surface area contributed by atoms with Crippen LogP contribution in [0.5, 0.6) is 0 Å². The fourth-order valence-corrected chi connectivity index (χ4v) is 2.22. The van der Waals surface area contributed by atoms with Gasteiger partial charge in [-0.1, -0.05) is 35.5 Å². The molecule has 0 bridgehead atoms. The molecule has 1 unspecified atom stereocenters. The van der Waals surface area contributed by atoms with E-state index in [1.807, 2.05) is 37.3 Å². The Balaban J connectivity index is 2.13. The Labute approximate surface area is 120 Å². The van der Waals surface area contributed by atoms with Crippen molar-refractivity contribution in [3.05, 3.63) is 60.0 Å². The van der Waals surface area contributed by atoms with Gasteiger partial charge in [-0.3, -0.25) is 0 Å². The Kier molecular flexibility index (Phi) is 3.27. The van der Waals surface area contributed by atoms with Crippen molar-refractivity contribution in [1.82, 2.24) is 15.0 Å². The van der Waals surface area contributed by atoms with E-state index in [-0.39, 0.29) is 11.7 Å². The van der Waals surface area contributed by atoms with Crippen LogP contribution in [0.15, 0.2) is 53.1 Å². The van der Waals surface area contributed by atoms with Crippen LogP contribution in [-0.4, -0.2) is 26.1 Å². The van der Waals surface area contributed by atoms with Crippen molar-refractivity contribution in [2.75, 3.05) is 0 Å². The van der Waals surface area contributed by atoms with Gasteiger partial charge in [-0.05, 0) is 24.6 Å². The summed E-state index contributed by atoms with van der Waals surface area (Å²) >= 11 is 0. The maximum absolute atomic E-state index is 11.3. The smallest absolute Gasteiger partial charge is 0.358 e. The minimum Gasteiger partial charge on any atom is -0.476 e. The lowest BCUT2D eigenvalue weighted by Gasteiger charge is -2.14. The van der Waals surface area contributed by atoms with E-state index in [2.05, 4.69) is 10.3 Å². The molecule has 3 rings (SSSR count). The Morgan fingerprint density at radius 1 is 1.24 bits per heavy atom. The van der Waals surface area contributed by atoms with E-state index >= 15 is 0 Å². The maximum atomic E-state index is 11.3. The molecule has 0 spiro atoms. The second kappa shape index (κ2) is 5.24. The fraction of sp³-hybridized carbons (Fsp3) is 0.133. The van der Waals surface area contributed by atoms with E-state index in [1.165, 1.54) is 6.26 Å². The van der Waals surface area contributed by atoms with Crippen LogP contribution in [0.1, 0.15) is 29.0 Å². The van der Waals surface area contributed by atoms with Gasteiger partial charge in [0, 0.05) is 0 Å². The number of nitrogens with zero attached hydrogens (tertiary/aromatic N) is 3. The summed E-state index contributed by atoms with van der Waals surface area (Å²) in [5.74, 6) is -0.701. The second-order valence-corrected chi connectivity index (χ2v) is 4.60. The number of benzene rings is 1. The van der Waals surface area contributed by atoms with Gasteiger partial charge in [0.25, 0.3) is 0 Å². The van der Waals surface area contributed by atoms with Gasteiger partial charge >= 0.3 is 5.97 Å². The number of hydrogen-bond donors (Lipinski definition) is 1. The van der Waals surface area contributed by atoms with Crippen LogP contribution in [-0.2, 0) is 0 Å². The van der Waals surface area contributed by atoms with E-state index < -0.39 is 5.97 Å².